The van der Waals surface area contributed by atoms with E-state index in [1.165, 1.54) is 6.33 Å². The Kier molecular flexibility index (Phi) is 2.76. The number of aryl methyl sites for hydroxylation is 1. The van der Waals surface area contributed by atoms with Gasteiger partial charge in [-0.25, -0.2) is 4.98 Å². The Bertz CT molecular complexity index is 691. The van der Waals surface area contributed by atoms with Crippen LogP contribution in [-0.2, 0) is 0 Å². The highest BCUT2D eigenvalue weighted by atomic mass is 79.9. The fraction of sp³-hybridized carbons (Fsp3) is 0.0769. The normalized spacial score (nSPS) is 10.8. The molecule has 2 aromatic heterocycles. The summed E-state index contributed by atoms with van der Waals surface area (Å²) in [6.45, 7) is 2.00. The molecule has 0 N–H and O–H groups in total. The quantitative estimate of drug-likeness (QED) is 0.726. The van der Waals surface area contributed by atoms with Gasteiger partial charge in [-0.1, -0.05) is 15.9 Å². The van der Waals surface area contributed by atoms with Crippen LogP contribution in [0.3, 0.4) is 0 Å². The van der Waals surface area contributed by atoms with Crippen molar-refractivity contribution < 1.29 is 4.74 Å². The highest BCUT2D eigenvalue weighted by molar-refractivity contribution is 9.10. The Morgan fingerprint density at radius 2 is 1.94 bits per heavy atom. The maximum Gasteiger partial charge on any atom is 0.222 e. The summed E-state index contributed by atoms with van der Waals surface area (Å²) in [5, 5.41) is 4.14. The van der Waals surface area contributed by atoms with Gasteiger partial charge in [-0.15, -0.1) is 0 Å². The van der Waals surface area contributed by atoms with E-state index >= 15 is 0 Å². The summed E-state index contributed by atoms with van der Waals surface area (Å²) in [6.07, 6.45) is 1.52. The molecular formula is C13H10BrN3O. The van der Waals surface area contributed by atoms with Crippen LogP contribution in [0.1, 0.15) is 5.56 Å². The van der Waals surface area contributed by atoms with Crippen LogP contribution in [0.2, 0.25) is 0 Å². The van der Waals surface area contributed by atoms with Gasteiger partial charge in [0.25, 0.3) is 0 Å². The third kappa shape index (κ3) is 2.09. The van der Waals surface area contributed by atoms with Crippen molar-refractivity contribution in [1.29, 1.82) is 0 Å². The van der Waals surface area contributed by atoms with Crippen LogP contribution in [-0.4, -0.2) is 14.6 Å². The number of nitrogens with zero attached hydrogens (tertiary/aromatic N) is 3. The molecule has 0 aliphatic carbocycles. The largest absolute Gasteiger partial charge is 0.439 e. The second-order valence-electron chi connectivity index (χ2n) is 3.96. The van der Waals surface area contributed by atoms with Crippen LogP contribution >= 0.6 is 15.9 Å². The van der Waals surface area contributed by atoms with Crippen molar-refractivity contribution >= 4 is 21.6 Å². The van der Waals surface area contributed by atoms with E-state index < -0.39 is 0 Å². The van der Waals surface area contributed by atoms with Crippen molar-refractivity contribution in [2.45, 2.75) is 6.92 Å². The summed E-state index contributed by atoms with van der Waals surface area (Å²) in [7, 11) is 0. The summed E-state index contributed by atoms with van der Waals surface area (Å²) >= 11 is 3.39. The lowest BCUT2D eigenvalue weighted by molar-refractivity contribution is 0.447. The third-order valence-corrected chi connectivity index (χ3v) is 3.06. The van der Waals surface area contributed by atoms with Crippen molar-refractivity contribution in [2.24, 2.45) is 0 Å². The molecule has 0 bridgehead atoms. The Morgan fingerprint density at radius 3 is 2.72 bits per heavy atom. The Morgan fingerprint density at radius 1 is 1.17 bits per heavy atom. The van der Waals surface area contributed by atoms with Gasteiger partial charge in [0.1, 0.15) is 12.1 Å². The molecule has 0 unspecified atom stereocenters. The first-order valence-electron chi connectivity index (χ1n) is 5.46. The average molecular weight is 304 g/mol. The predicted molar refractivity (Wildman–Crippen MR) is 71.9 cm³/mol. The van der Waals surface area contributed by atoms with Gasteiger partial charge in [-0.2, -0.15) is 9.61 Å². The highest BCUT2D eigenvalue weighted by Gasteiger charge is 2.06. The van der Waals surface area contributed by atoms with E-state index in [-0.39, 0.29) is 0 Å². The standard InChI is InChI=1S/C13H10BrN3O/c1-9-6-12-15-8-16-17(12)13(7-9)18-11-4-2-10(14)3-5-11/h2-8H,1H3. The zero-order chi connectivity index (χ0) is 12.5. The molecule has 0 saturated heterocycles. The molecule has 0 amide bonds. The monoisotopic (exact) mass is 303 g/mol. The summed E-state index contributed by atoms with van der Waals surface area (Å²) in [5.41, 5.74) is 1.87. The van der Waals surface area contributed by atoms with Gasteiger partial charge >= 0.3 is 0 Å². The molecule has 3 aromatic rings. The molecule has 90 valence electrons. The molecule has 0 spiro atoms. The van der Waals surface area contributed by atoms with E-state index in [0.29, 0.717) is 5.88 Å². The summed E-state index contributed by atoms with van der Waals surface area (Å²) in [5.74, 6) is 1.42. The number of rotatable bonds is 2. The lowest BCUT2D eigenvalue weighted by Gasteiger charge is -2.08. The number of halogens is 1. The van der Waals surface area contributed by atoms with Gasteiger partial charge in [0, 0.05) is 10.5 Å². The highest BCUT2D eigenvalue weighted by Crippen LogP contribution is 2.24. The second kappa shape index (κ2) is 4.42. The first kappa shape index (κ1) is 11.2. The minimum atomic E-state index is 0.657. The molecule has 0 aliphatic rings. The number of aromatic nitrogens is 3. The van der Waals surface area contributed by atoms with Crippen LogP contribution in [0.5, 0.6) is 11.6 Å². The molecule has 1 aromatic carbocycles. The minimum absolute atomic E-state index is 0.657. The fourth-order valence-corrected chi connectivity index (χ4v) is 1.98. The molecule has 0 radical (unpaired) electrons. The molecule has 4 nitrogen and oxygen atoms in total. The molecule has 0 saturated carbocycles. The molecule has 2 heterocycles. The van der Waals surface area contributed by atoms with Gasteiger partial charge < -0.3 is 4.74 Å². The molecule has 0 fully saturated rings. The van der Waals surface area contributed by atoms with Crippen LogP contribution in [0.15, 0.2) is 47.2 Å². The smallest absolute Gasteiger partial charge is 0.222 e. The number of benzene rings is 1. The van der Waals surface area contributed by atoms with Gasteiger partial charge in [0.2, 0.25) is 5.88 Å². The number of fused-ring (bicyclic) bond motifs is 1. The molecule has 0 aliphatic heterocycles. The van der Waals surface area contributed by atoms with Gasteiger partial charge in [-0.3, -0.25) is 0 Å². The number of ether oxygens (including phenoxy) is 1. The third-order valence-electron chi connectivity index (χ3n) is 2.53. The number of hydrogen-bond acceptors (Lipinski definition) is 3. The Hall–Kier alpha value is -1.88. The van der Waals surface area contributed by atoms with E-state index in [2.05, 4.69) is 26.0 Å². The fourth-order valence-electron chi connectivity index (χ4n) is 1.72. The molecule has 3 rings (SSSR count). The first-order valence-corrected chi connectivity index (χ1v) is 6.25. The van der Waals surface area contributed by atoms with Crippen molar-refractivity contribution in [3.63, 3.8) is 0 Å². The number of hydrogen-bond donors (Lipinski definition) is 0. The van der Waals surface area contributed by atoms with Crippen molar-refractivity contribution in [1.82, 2.24) is 14.6 Å². The minimum Gasteiger partial charge on any atom is -0.439 e. The van der Waals surface area contributed by atoms with Gasteiger partial charge in [-0.05, 0) is 42.8 Å². The summed E-state index contributed by atoms with van der Waals surface area (Å²) < 4.78 is 8.52. The lowest BCUT2D eigenvalue weighted by atomic mass is 10.3. The Balaban J connectivity index is 2.03. The van der Waals surface area contributed by atoms with E-state index in [0.717, 1.165) is 21.4 Å². The predicted octanol–water partition coefficient (Wildman–Crippen LogP) is 3.59. The zero-order valence-electron chi connectivity index (χ0n) is 9.67. The first-order chi connectivity index (χ1) is 8.72. The lowest BCUT2D eigenvalue weighted by Crippen LogP contribution is -1.96. The van der Waals surface area contributed by atoms with Crippen molar-refractivity contribution in [3.05, 3.63) is 52.8 Å². The van der Waals surface area contributed by atoms with Crippen LogP contribution < -0.4 is 4.74 Å². The van der Waals surface area contributed by atoms with Gasteiger partial charge in [0.05, 0.1) is 0 Å². The van der Waals surface area contributed by atoms with E-state index in [4.69, 9.17) is 4.74 Å². The van der Waals surface area contributed by atoms with Crippen molar-refractivity contribution in [2.75, 3.05) is 0 Å². The Labute approximate surface area is 112 Å². The topological polar surface area (TPSA) is 39.4 Å². The molecular weight excluding hydrogens is 294 g/mol. The second-order valence-corrected chi connectivity index (χ2v) is 4.87. The van der Waals surface area contributed by atoms with Gasteiger partial charge in [0.15, 0.2) is 5.65 Å². The molecule has 0 atom stereocenters. The maximum absolute atomic E-state index is 5.83. The van der Waals surface area contributed by atoms with E-state index in [1.54, 1.807) is 4.52 Å². The summed E-state index contributed by atoms with van der Waals surface area (Å²) in [6, 6.07) is 11.6. The average Bonchev–Trinajstić information content (AvgIpc) is 2.80. The molecule has 18 heavy (non-hydrogen) atoms. The molecule has 5 heteroatoms. The van der Waals surface area contributed by atoms with E-state index in [1.807, 2.05) is 43.3 Å². The number of pyridine rings is 1. The maximum atomic E-state index is 5.83. The van der Waals surface area contributed by atoms with Crippen LogP contribution in [0.25, 0.3) is 5.65 Å². The summed E-state index contributed by atoms with van der Waals surface area (Å²) in [4.78, 5) is 4.16. The zero-order valence-corrected chi connectivity index (χ0v) is 11.3. The van der Waals surface area contributed by atoms with Crippen LogP contribution in [0.4, 0.5) is 0 Å². The van der Waals surface area contributed by atoms with E-state index in [9.17, 15) is 0 Å². The SMILES string of the molecule is Cc1cc(Oc2ccc(Br)cc2)n2ncnc2c1. The van der Waals surface area contributed by atoms with Crippen LogP contribution in [0, 0.1) is 6.92 Å². The van der Waals surface area contributed by atoms with Crippen molar-refractivity contribution in [3.8, 4) is 11.6 Å².